The van der Waals surface area contributed by atoms with Crippen LogP contribution in [0.3, 0.4) is 0 Å². The minimum absolute atomic E-state index is 0.100. The number of nitrogens with zero attached hydrogens (tertiary/aromatic N) is 1. The number of H-pyrrole nitrogens is 1. The maximum Gasteiger partial charge on any atom is 0.287 e. The van der Waals surface area contributed by atoms with Gasteiger partial charge >= 0.3 is 0 Å². The average Bonchev–Trinajstić information content (AvgIpc) is 2.82. The van der Waals surface area contributed by atoms with Gasteiger partial charge in [0.25, 0.3) is 11.6 Å². The molecule has 1 fully saturated rings. The fraction of sp³-hybridized carbons (Fsp3) is 0.643. The highest BCUT2D eigenvalue weighted by atomic mass is 16.6. The van der Waals surface area contributed by atoms with E-state index in [1.807, 2.05) is 0 Å². The summed E-state index contributed by atoms with van der Waals surface area (Å²) in [5.74, 6) is -0.314. The van der Waals surface area contributed by atoms with E-state index in [1.165, 1.54) is 50.8 Å². The van der Waals surface area contributed by atoms with Gasteiger partial charge in [-0.25, -0.2) is 0 Å². The lowest BCUT2D eigenvalue weighted by atomic mass is 10.1. The Morgan fingerprint density at radius 2 is 2.00 bits per heavy atom. The van der Waals surface area contributed by atoms with Gasteiger partial charge in [-0.15, -0.1) is 0 Å². The molecule has 7 heteroatoms. The number of aromatic nitrogens is 1. The number of aromatic amines is 1. The molecule has 116 valence electrons. The van der Waals surface area contributed by atoms with E-state index < -0.39 is 4.92 Å². The molecule has 1 aliphatic rings. The van der Waals surface area contributed by atoms with Gasteiger partial charge in [0.1, 0.15) is 5.69 Å². The van der Waals surface area contributed by atoms with Crippen molar-refractivity contribution < 1.29 is 9.72 Å². The van der Waals surface area contributed by atoms with Crippen molar-refractivity contribution in [3.05, 3.63) is 28.1 Å². The molecule has 2 rings (SSSR count). The van der Waals surface area contributed by atoms with Gasteiger partial charge in [-0.3, -0.25) is 14.9 Å². The normalized spacial score (nSPS) is 16.4. The van der Waals surface area contributed by atoms with Gasteiger partial charge in [0.05, 0.1) is 11.1 Å². The Balaban J connectivity index is 1.67. The molecule has 0 radical (unpaired) electrons. The monoisotopic (exact) mass is 294 g/mol. The highest BCUT2D eigenvalue weighted by Crippen LogP contribution is 2.16. The Kier molecular flexibility index (Phi) is 5.74. The SMILES string of the molecule is O=C(NCCNC1CCCCCC1)c1cc([N+](=O)[O-])c[nH]1. The molecular formula is C14H22N4O3. The first-order chi connectivity index (χ1) is 10.2. The summed E-state index contributed by atoms with van der Waals surface area (Å²) in [4.78, 5) is 24.4. The first kappa shape index (κ1) is 15.5. The van der Waals surface area contributed by atoms with Crippen molar-refractivity contribution in [1.29, 1.82) is 0 Å². The van der Waals surface area contributed by atoms with E-state index in [0.29, 0.717) is 12.6 Å². The highest BCUT2D eigenvalue weighted by Gasteiger charge is 2.14. The lowest BCUT2D eigenvalue weighted by molar-refractivity contribution is -0.384. The summed E-state index contributed by atoms with van der Waals surface area (Å²) in [6.45, 7) is 1.24. The van der Waals surface area contributed by atoms with Gasteiger partial charge < -0.3 is 15.6 Å². The van der Waals surface area contributed by atoms with Crippen molar-refractivity contribution in [1.82, 2.24) is 15.6 Å². The second kappa shape index (κ2) is 7.78. The largest absolute Gasteiger partial charge is 0.351 e. The third-order valence-electron chi connectivity index (χ3n) is 3.82. The average molecular weight is 294 g/mol. The van der Waals surface area contributed by atoms with Crippen LogP contribution in [-0.4, -0.2) is 34.9 Å². The summed E-state index contributed by atoms with van der Waals surface area (Å²) in [6.07, 6.45) is 8.82. The predicted molar refractivity (Wildman–Crippen MR) is 79.3 cm³/mol. The third-order valence-corrected chi connectivity index (χ3v) is 3.82. The molecule has 21 heavy (non-hydrogen) atoms. The van der Waals surface area contributed by atoms with Crippen LogP contribution >= 0.6 is 0 Å². The first-order valence-electron chi connectivity index (χ1n) is 7.51. The molecule has 0 saturated heterocycles. The zero-order chi connectivity index (χ0) is 15.1. The summed E-state index contributed by atoms with van der Waals surface area (Å²) in [7, 11) is 0. The molecule has 1 aliphatic carbocycles. The Hall–Kier alpha value is -1.89. The number of amides is 1. The van der Waals surface area contributed by atoms with Crippen molar-refractivity contribution in [2.24, 2.45) is 0 Å². The molecule has 1 heterocycles. The zero-order valence-corrected chi connectivity index (χ0v) is 12.1. The second-order valence-electron chi connectivity index (χ2n) is 5.43. The fourth-order valence-electron chi connectivity index (χ4n) is 2.65. The van der Waals surface area contributed by atoms with E-state index in [0.717, 1.165) is 6.54 Å². The van der Waals surface area contributed by atoms with Crippen molar-refractivity contribution >= 4 is 11.6 Å². The topological polar surface area (TPSA) is 100 Å². The molecule has 3 N–H and O–H groups in total. The maximum absolute atomic E-state index is 11.8. The van der Waals surface area contributed by atoms with E-state index in [2.05, 4.69) is 15.6 Å². The number of nitrogens with one attached hydrogen (secondary N) is 3. The van der Waals surface area contributed by atoms with E-state index in [9.17, 15) is 14.9 Å². The van der Waals surface area contributed by atoms with Crippen LogP contribution in [-0.2, 0) is 0 Å². The number of nitro groups is 1. The summed E-state index contributed by atoms with van der Waals surface area (Å²) >= 11 is 0. The molecule has 0 atom stereocenters. The van der Waals surface area contributed by atoms with Crippen LogP contribution in [0.1, 0.15) is 49.0 Å². The summed E-state index contributed by atoms with van der Waals surface area (Å²) in [5.41, 5.74) is 0.118. The lowest BCUT2D eigenvalue weighted by Gasteiger charge is -2.16. The smallest absolute Gasteiger partial charge is 0.287 e. The molecular weight excluding hydrogens is 272 g/mol. The fourth-order valence-corrected chi connectivity index (χ4v) is 2.65. The number of carbonyl (C=O) groups excluding carboxylic acids is 1. The van der Waals surface area contributed by atoms with E-state index in [-0.39, 0.29) is 17.3 Å². The quantitative estimate of drug-likeness (QED) is 0.323. The minimum atomic E-state index is -0.527. The summed E-state index contributed by atoms with van der Waals surface area (Å²) < 4.78 is 0. The summed E-state index contributed by atoms with van der Waals surface area (Å²) in [6, 6.07) is 1.80. The number of hydrogen-bond donors (Lipinski definition) is 3. The van der Waals surface area contributed by atoms with Crippen LogP contribution in [0.5, 0.6) is 0 Å². The van der Waals surface area contributed by atoms with Gasteiger partial charge in [0.15, 0.2) is 0 Å². The Morgan fingerprint density at radius 1 is 1.29 bits per heavy atom. The van der Waals surface area contributed by atoms with E-state index in [1.54, 1.807) is 0 Å². The van der Waals surface area contributed by atoms with Crippen LogP contribution in [0.2, 0.25) is 0 Å². The van der Waals surface area contributed by atoms with Crippen LogP contribution in [0.15, 0.2) is 12.3 Å². The molecule has 1 saturated carbocycles. The van der Waals surface area contributed by atoms with Gasteiger partial charge in [-0.2, -0.15) is 0 Å². The molecule has 0 unspecified atom stereocenters. The summed E-state index contributed by atoms with van der Waals surface area (Å²) in [5, 5.41) is 16.8. The molecule has 1 amide bonds. The van der Waals surface area contributed by atoms with Crippen molar-refractivity contribution in [3.63, 3.8) is 0 Å². The Morgan fingerprint density at radius 3 is 2.62 bits per heavy atom. The molecule has 0 aromatic carbocycles. The molecule has 0 spiro atoms. The van der Waals surface area contributed by atoms with Crippen molar-refractivity contribution in [2.75, 3.05) is 13.1 Å². The van der Waals surface area contributed by atoms with Gasteiger partial charge in [0, 0.05) is 25.2 Å². The van der Waals surface area contributed by atoms with Crippen LogP contribution in [0.4, 0.5) is 5.69 Å². The molecule has 0 bridgehead atoms. The third kappa shape index (κ3) is 4.86. The minimum Gasteiger partial charge on any atom is -0.351 e. The number of carbonyl (C=O) groups is 1. The van der Waals surface area contributed by atoms with Crippen LogP contribution < -0.4 is 10.6 Å². The number of hydrogen-bond acceptors (Lipinski definition) is 4. The standard InChI is InChI=1S/C14H22N4O3/c19-14(13-9-12(10-17-13)18(20)21)16-8-7-15-11-5-3-1-2-4-6-11/h9-11,15,17H,1-8H2,(H,16,19). The zero-order valence-electron chi connectivity index (χ0n) is 12.1. The number of rotatable bonds is 6. The van der Waals surface area contributed by atoms with Gasteiger partial charge in [-0.05, 0) is 12.8 Å². The van der Waals surface area contributed by atoms with Crippen LogP contribution in [0, 0.1) is 10.1 Å². The maximum atomic E-state index is 11.8. The van der Waals surface area contributed by atoms with E-state index in [4.69, 9.17) is 0 Å². The van der Waals surface area contributed by atoms with E-state index >= 15 is 0 Å². The molecule has 0 aliphatic heterocycles. The van der Waals surface area contributed by atoms with Crippen molar-refractivity contribution in [3.8, 4) is 0 Å². The first-order valence-corrected chi connectivity index (χ1v) is 7.51. The second-order valence-corrected chi connectivity index (χ2v) is 5.43. The molecule has 1 aromatic heterocycles. The Bertz CT molecular complexity index is 478. The van der Waals surface area contributed by atoms with Crippen LogP contribution in [0.25, 0.3) is 0 Å². The predicted octanol–water partition coefficient (Wildman–Crippen LogP) is 1.97. The lowest BCUT2D eigenvalue weighted by Crippen LogP contribution is -2.36. The highest BCUT2D eigenvalue weighted by molar-refractivity contribution is 5.93. The van der Waals surface area contributed by atoms with Gasteiger partial charge in [-0.1, -0.05) is 25.7 Å². The molecule has 7 nitrogen and oxygen atoms in total. The Labute approximate surface area is 123 Å². The van der Waals surface area contributed by atoms with Gasteiger partial charge in [0.2, 0.25) is 0 Å². The molecule has 1 aromatic rings. The van der Waals surface area contributed by atoms with Crippen molar-refractivity contribution in [2.45, 2.75) is 44.6 Å².